The zero-order valence-corrected chi connectivity index (χ0v) is 19.7. The molecule has 1 aliphatic rings. The largest absolute Gasteiger partial charge is 0.503 e. The fourth-order valence-electron chi connectivity index (χ4n) is 4.35. The number of amides is 1. The number of Topliss-reactive ketones (excluding diaryl/α,β-unsaturated/α-hetero) is 1. The molecule has 33 heavy (non-hydrogen) atoms. The van der Waals surface area contributed by atoms with E-state index in [4.69, 9.17) is 16.0 Å². The van der Waals surface area contributed by atoms with Crippen molar-refractivity contribution in [1.82, 2.24) is 9.80 Å². The maximum atomic E-state index is 13.6. The third kappa shape index (κ3) is 4.41. The summed E-state index contributed by atoms with van der Waals surface area (Å²) in [6.07, 6.45) is 0. The van der Waals surface area contributed by atoms with Crippen LogP contribution in [0.1, 0.15) is 41.6 Å². The van der Waals surface area contributed by atoms with E-state index in [1.165, 1.54) is 0 Å². The Bertz CT molecular complexity index is 1240. The van der Waals surface area contributed by atoms with Crippen molar-refractivity contribution < 1.29 is 19.1 Å². The summed E-state index contributed by atoms with van der Waals surface area (Å²) in [5.74, 6) is -1.52. The molecule has 1 N–H and O–H groups in total. The topological polar surface area (TPSA) is 74.0 Å². The summed E-state index contributed by atoms with van der Waals surface area (Å²) in [6.45, 7) is 8.79. The fourth-order valence-corrected chi connectivity index (χ4v) is 4.53. The van der Waals surface area contributed by atoms with Gasteiger partial charge in [-0.1, -0.05) is 55.3 Å². The van der Waals surface area contributed by atoms with Crippen LogP contribution in [0.5, 0.6) is 0 Å². The molecule has 2 heterocycles. The molecule has 172 valence electrons. The molecule has 0 fully saturated rings. The molecule has 0 radical (unpaired) electrons. The minimum Gasteiger partial charge on any atom is -0.503 e. The lowest BCUT2D eigenvalue weighted by molar-refractivity contribution is -0.129. The van der Waals surface area contributed by atoms with Crippen LogP contribution in [0.15, 0.2) is 64.3 Å². The highest BCUT2D eigenvalue weighted by Gasteiger charge is 2.44. The van der Waals surface area contributed by atoms with Crippen molar-refractivity contribution in [1.29, 1.82) is 0 Å². The highest BCUT2D eigenvalue weighted by Crippen LogP contribution is 2.39. The second kappa shape index (κ2) is 9.41. The second-order valence-corrected chi connectivity index (χ2v) is 8.66. The molecule has 0 bridgehead atoms. The zero-order valence-electron chi connectivity index (χ0n) is 19.0. The maximum Gasteiger partial charge on any atom is 0.290 e. The summed E-state index contributed by atoms with van der Waals surface area (Å²) in [7, 11) is 0. The van der Waals surface area contributed by atoms with Crippen molar-refractivity contribution in [2.24, 2.45) is 0 Å². The van der Waals surface area contributed by atoms with Crippen LogP contribution in [0.2, 0.25) is 5.02 Å². The Morgan fingerprint density at radius 2 is 1.91 bits per heavy atom. The monoisotopic (exact) mass is 466 g/mol. The summed E-state index contributed by atoms with van der Waals surface area (Å²) < 4.78 is 5.77. The fraction of sp³-hybridized carbons (Fsp3) is 0.308. The van der Waals surface area contributed by atoms with Crippen molar-refractivity contribution in [3.63, 3.8) is 0 Å². The van der Waals surface area contributed by atoms with Gasteiger partial charge >= 0.3 is 0 Å². The molecule has 1 amide bonds. The molecule has 0 saturated carbocycles. The van der Waals surface area contributed by atoms with Gasteiger partial charge in [0.15, 0.2) is 11.5 Å². The van der Waals surface area contributed by atoms with Gasteiger partial charge in [0.1, 0.15) is 5.58 Å². The number of carbonyl (C=O) groups excluding carboxylic acids is 2. The highest BCUT2D eigenvalue weighted by molar-refractivity contribution is 6.31. The van der Waals surface area contributed by atoms with Crippen LogP contribution in [-0.4, -0.2) is 52.8 Å². The van der Waals surface area contributed by atoms with E-state index in [9.17, 15) is 14.7 Å². The molecule has 1 atom stereocenters. The van der Waals surface area contributed by atoms with Gasteiger partial charge in [-0.3, -0.25) is 9.59 Å². The molecule has 1 unspecified atom stereocenters. The summed E-state index contributed by atoms with van der Waals surface area (Å²) >= 11 is 6.07. The van der Waals surface area contributed by atoms with E-state index in [1.54, 1.807) is 29.2 Å². The number of nitrogens with zero attached hydrogens (tertiary/aromatic N) is 2. The number of hydrogen-bond donors (Lipinski definition) is 1. The van der Waals surface area contributed by atoms with E-state index >= 15 is 0 Å². The Balaban J connectivity index is 1.76. The molecule has 3 aromatic rings. The first kappa shape index (κ1) is 23.1. The van der Waals surface area contributed by atoms with Gasteiger partial charge in [0.2, 0.25) is 5.78 Å². The second-order valence-electron chi connectivity index (χ2n) is 8.23. The van der Waals surface area contributed by atoms with E-state index in [0.29, 0.717) is 29.1 Å². The minimum atomic E-state index is -0.697. The van der Waals surface area contributed by atoms with Gasteiger partial charge in [0, 0.05) is 23.5 Å². The molecule has 1 aromatic heterocycles. The van der Waals surface area contributed by atoms with Crippen LogP contribution in [0.25, 0.3) is 11.0 Å². The molecule has 2 aromatic carbocycles. The molecule has 0 spiro atoms. The van der Waals surface area contributed by atoms with Crippen molar-refractivity contribution in [2.45, 2.75) is 26.8 Å². The summed E-state index contributed by atoms with van der Waals surface area (Å²) in [5.41, 5.74) is 2.32. The Kier molecular flexibility index (Phi) is 6.58. The molecule has 7 heteroatoms. The van der Waals surface area contributed by atoms with Gasteiger partial charge in [-0.15, -0.1) is 0 Å². The first-order valence-electron chi connectivity index (χ1n) is 11.1. The van der Waals surface area contributed by atoms with Crippen LogP contribution >= 0.6 is 11.6 Å². The van der Waals surface area contributed by atoms with Crippen LogP contribution in [-0.2, 0) is 4.79 Å². The standard InChI is InChI=1S/C26H27ClN2O4/c1-4-28(5-2)11-12-29-23(17-8-6-7-16(3)13-17)22(25(31)26(29)32)24(30)21-15-18-14-19(27)9-10-20(18)33-21/h6-10,13-15,23,31H,4-5,11-12H2,1-3H3. The summed E-state index contributed by atoms with van der Waals surface area (Å²) in [6, 6.07) is 13.6. The molecule has 6 nitrogen and oxygen atoms in total. The molecular formula is C26H27ClN2O4. The van der Waals surface area contributed by atoms with E-state index in [-0.39, 0.29) is 11.3 Å². The number of halogens is 1. The number of aryl methyl sites for hydroxylation is 1. The molecule has 0 aliphatic carbocycles. The van der Waals surface area contributed by atoms with Gasteiger partial charge in [0.25, 0.3) is 5.91 Å². The minimum absolute atomic E-state index is 0.0373. The number of benzene rings is 2. The third-order valence-electron chi connectivity index (χ3n) is 6.16. The quantitative estimate of drug-likeness (QED) is 0.455. The molecule has 0 saturated heterocycles. The van der Waals surface area contributed by atoms with Gasteiger partial charge in [-0.25, -0.2) is 0 Å². The van der Waals surface area contributed by atoms with Crippen LogP contribution in [0, 0.1) is 6.92 Å². The van der Waals surface area contributed by atoms with E-state index in [0.717, 1.165) is 24.2 Å². The van der Waals surface area contributed by atoms with Crippen molar-refractivity contribution in [3.8, 4) is 0 Å². The predicted molar refractivity (Wildman–Crippen MR) is 129 cm³/mol. The number of aliphatic hydroxyl groups is 1. The Hall–Kier alpha value is -3.09. The number of carbonyl (C=O) groups is 2. The lowest BCUT2D eigenvalue weighted by Crippen LogP contribution is -2.38. The van der Waals surface area contributed by atoms with Crippen LogP contribution in [0.4, 0.5) is 0 Å². The first-order chi connectivity index (χ1) is 15.8. The number of aliphatic hydroxyl groups excluding tert-OH is 1. The lowest BCUT2D eigenvalue weighted by Gasteiger charge is -2.29. The number of furan rings is 1. The average Bonchev–Trinajstić information content (AvgIpc) is 3.33. The summed E-state index contributed by atoms with van der Waals surface area (Å²) in [5, 5.41) is 12.1. The SMILES string of the molecule is CCN(CC)CCN1C(=O)C(O)=C(C(=O)c2cc3cc(Cl)ccc3o2)C1c1cccc(C)c1. The number of fused-ring (bicyclic) bond motifs is 1. The van der Waals surface area contributed by atoms with Crippen molar-refractivity contribution in [3.05, 3.63) is 81.8 Å². The molecular weight excluding hydrogens is 440 g/mol. The number of hydrogen-bond acceptors (Lipinski definition) is 5. The van der Waals surface area contributed by atoms with Crippen LogP contribution < -0.4 is 0 Å². The van der Waals surface area contributed by atoms with E-state index in [1.807, 2.05) is 31.2 Å². The lowest BCUT2D eigenvalue weighted by atomic mass is 9.94. The number of ketones is 1. The normalized spacial score (nSPS) is 16.5. The van der Waals surface area contributed by atoms with Gasteiger partial charge in [-0.05, 0) is 49.8 Å². The van der Waals surface area contributed by atoms with Gasteiger partial charge in [-0.2, -0.15) is 0 Å². The smallest absolute Gasteiger partial charge is 0.290 e. The third-order valence-corrected chi connectivity index (χ3v) is 6.39. The Morgan fingerprint density at radius 1 is 1.15 bits per heavy atom. The van der Waals surface area contributed by atoms with Crippen molar-refractivity contribution >= 4 is 34.3 Å². The number of likely N-dealkylation sites (N-methyl/N-ethyl adjacent to an activating group) is 1. The van der Waals surface area contributed by atoms with Gasteiger partial charge < -0.3 is 19.3 Å². The molecule has 1 aliphatic heterocycles. The zero-order chi connectivity index (χ0) is 23.7. The first-order valence-corrected chi connectivity index (χ1v) is 11.5. The van der Waals surface area contributed by atoms with E-state index in [2.05, 4.69) is 18.7 Å². The van der Waals surface area contributed by atoms with Gasteiger partial charge in [0.05, 0.1) is 11.6 Å². The molecule has 4 rings (SSSR count). The summed E-state index contributed by atoms with van der Waals surface area (Å²) in [4.78, 5) is 30.5. The van der Waals surface area contributed by atoms with E-state index < -0.39 is 23.5 Å². The Morgan fingerprint density at radius 3 is 2.61 bits per heavy atom. The Labute approximate surface area is 198 Å². The number of rotatable bonds is 8. The average molecular weight is 467 g/mol. The van der Waals surface area contributed by atoms with Crippen LogP contribution in [0.3, 0.4) is 0 Å². The maximum absolute atomic E-state index is 13.6. The predicted octanol–water partition coefficient (Wildman–Crippen LogP) is 5.31. The van der Waals surface area contributed by atoms with Crippen molar-refractivity contribution in [2.75, 3.05) is 26.2 Å². The highest BCUT2D eigenvalue weighted by atomic mass is 35.5.